The van der Waals surface area contributed by atoms with E-state index in [4.69, 9.17) is 5.11 Å². The molecule has 3 N–H and O–H groups in total. The first-order chi connectivity index (χ1) is 9.85. The average molecular weight is 361 g/mol. The van der Waals surface area contributed by atoms with Crippen molar-refractivity contribution in [2.75, 3.05) is 5.32 Å². The first-order valence-electron chi connectivity index (χ1n) is 6.61. The number of carbonyl (C=O) groups excluding carboxylic acids is 1. The van der Waals surface area contributed by atoms with Crippen molar-refractivity contribution in [2.24, 2.45) is 0 Å². The highest BCUT2D eigenvalue weighted by atomic mass is 79.9. The molecule has 0 spiro atoms. The van der Waals surface area contributed by atoms with E-state index < -0.39 is 23.9 Å². The van der Waals surface area contributed by atoms with E-state index in [0.717, 1.165) is 6.42 Å². The summed E-state index contributed by atoms with van der Waals surface area (Å²) in [7, 11) is 0. The van der Waals surface area contributed by atoms with E-state index in [-0.39, 0.29) is 0 Å². The number of rotatable bonds is 6. The summed E-state index contributed by atoms with van der Waals surface area (Å²) in [5, 5.41) is 13.9. The van der Waals surface area contributed by atoms with Gasteiger partial charge in [-0.1, -0.05) is 19.8 Å². The monoisotopic (exact) mass is 360 g/mol. The summed E-state index contributed by atoms with van der Waals surface area (Å²) in [5.41, 5.74) is 0.965. The third kappa shape index (κ3) is 5.34. The van der Waals surface area contributed by atoms with E-state index in [0.29, 0.717) is 28.6 Å². The molecule has 0 heterocycles. The molecule has 5 nitrogen and oxygen atoms in total. The van der Waals surface area contributed by atoms with Gasteiger partial charge in [0, 0.05) is 5.69 Å². The highest BCUT2D eigenvalue weighted by molar-refractivity contribution is 9.10. The van der Waals surface area contributed by atoms with E-state index in [2.05, 4.69) is 26.6 Å². The van der Waals surface area contributed by atoms with Crippen molar-refractivity contribution in [2.45, 2.75) is 39.2 Å². The van der Waals surface area contributed by atoms with Crippen molar-refractivity contribution in [3.8, 4) is 0 Å². The Kier molecular flexibility index (Phi) is 6.61. The lowest BCUT2D eigenvalue weighted by Gasteiger charge is -2.16. The third-order valence-corrected chi connectivity index (χ3v) is 3.57. The lowest BCUT2D eigenvalue weighted by atomic mass is 10.1. The molecule has 2 amide bonds. The molecule has 0 aliphatic carbocycles. The smallest absolute Gasteiger partial charge is 0.326 e. The molecule has 0 aromatic heterocycles. The summed E-state index contributed by atoms with van der Waals surface area (Å²) in [6.07, 6.45) is 1.89. The molecule has 1 atom stereocenters. The largest absolute Gasteiger partial charge is 0.480 e. The fourth-order valence-corrected chi connectivity index (χ4v) is 2.22. The molecule has 0 unspecified atom stereocenters. The quantitative estimate of drug-likeness (QED) is 0.724. The Bertz CT molecular complexity index is 537. The predicted octanol–water partition coefficient (Wildman–Crippen LogP) is 3.66. The number of unbranched alkanes of at least 4 members (excludes halogenated alkanes) is 1. The number of amides is 2. The van der Waals surface area contributed by atoms with Crippen LogP contribution < -0.4 is 10.6 Å². The van der Waals surface area contributed by atoms with E-state index in [1.165, 1.54) is 12.1 Å². The second-order valence-electron chi connectivity index (χ2n) is 4.71. The van der Waals surface area contributed by atoms with Crippen LogP contribution in [-0.4, -0.2) is 23.1 Å². The van der Waals surface area contributed by atoms with Gasteiger partial charge in [-0.15, -0.1) is 0 Å². The maximum absolute atomic E-state index is 13.5. The molecule has 0 saturated carbocycles. The van der Waals surface area contributed by atoms with Gasteiger partial charge in [0.15, 0.2) is 0 Å². The number of urea groups is 1. The Morgan fingerprint density at radius 1 is 1.43 bits per heavy atom. The SMILES string of the molecule is CCCC[C@H](NC(=O)Nc1cc(F)c(Br)cc1C)C(=O)O. The lowest BCUT2D eigenvalue weighted by Crippen LogP contribution is -2.43. The van der Waals surface area contributed by atoms with Crippen LogP contribution in [0.15, 0.2) is 16.6 Å². The van der Waals surface area contributed by atoms with Gasteiger partial charge in [0.05, 0.1) is 4.47 Å². The van der Waals surface area contributed by atoms with E-state index in [1.54, 1.807) is 6.92 Å². The van der Waals surface area contributed by atoms with Gasteiger partial charge in [0.25, 0.3) is 0 Å². The van der Waals surface area contributed by atoms with Crippen LogP contribution in [0.1, 0.15) is 31.7 Å². The zero-order valence-electron chi connectivity index (χ0n) is 11.9. The molecule has 1 aromatic rings. The molecule has 7 heteroatoms. The Labute approximate surface area is 131 Å². The number of halogens is 2. The summed E-state index contributed by atoms with van der Waals surface area (Å²) < 4.78 is 13.8. The van der Waals surface area contributed by atoms with Crippen LogP contribution in [0.3, 0.4) is 0 Å². The first kappa shape index (κ1) is 17.4. The molecule has 1 rings (SSSR count). The minimum Gasteiger partial charge on any atom is -0.480 e. The molecule has 116 valence electrons. The molecule has 0 bridgehead atoms. The van der Waals surface area contributed by atoms with Crippen molar-refractivity contribution in [3.63, 3.8) is 0 Å². The molecule has 21 heavy (non-hydrogen) atoms. The fourth-order valence-electron chi connectivity index (χ4n) is 1.76. The summed E-state index contributed by atoms with van der Waals surface area (Å²) in [4.78, 5) is 22.9. The topological polar surface area (TPSA) is 78.4 Å². The zero-order chi connectivity index (χ0) is 16.0. The van der Waals surface area contributed by atoms with Crippen LogP contribution >= 0.6 is 15.9 Å². The van der Waals surface area contributed by atoms with Crippen LogP contribution in [0.5, 0.6) is 0 Å². The molecule has 1 aromatic carbocycles. The Balaban J connectivity index is 2.72. The van der Waals surface area contributed by atoms with Gasteiger partial charge in [-0.3, -0.25) is 0 Å². The van der Waals surface area contributed by atoms with Gasteiger partial charge >= 0.3 is 12.0 Å². The van der Waals surface area contributed by atoms with Crippen molar-refractivity contribution in [1.82, 2.24) is 5.32 Å². The molecular weight excluding hydrogens is 343 g/mol. The molecule has 0 radical (unpaired) electrons. The summed E-state index contributed by atoms with van der Waals surface area (Å²) in [6, 6.07) is 1.10. The molecule has 0 fully saturated rings. The van der Waals surface area contributed by atoms with Crippen molar-refractivity contribution in [1.29, 1.82) is 0 Å². The summed E-state index contributed by atoms with van der Waals surface area (Å²) >= 11 is 3.05. The normalized spacial score (nSPS) is 11.8. The molecule has 0 saturated heterocycles. The first-order valence-corrected chi connectivity index (χ1v) is 7.40. The van der Waals surface area contributed by atoms with Crippen LogP contribution in [0.4, 0.5) is 14.9 Å². The minimum atomic E-state index is -1.09. The van der Waals surface area contributed by atoms with Crippen LogP contribution in [0.25, 0.3) is 0 Å². The van der Waals surface area contributed by atoms with Crippen LogP contribution in [-0.2, 0) is 4.79 Å². The number of hydrogen-bond donors (Lipinski definition) is 3. The number of aryl methyl sites for hydroxylation is 1. The molecule has 0 aliphatic rings. The summed E-state index contributed by atoms with van der Waals surface area (Å²) in [6.45, 7) is 3.65. The van der Waals surface area contributed by atoms with E-state index >= 15 is 0 Å². The number of carboxylic acids is 1. The maximum Gasteiger partial charge on any atom is 0.326 e. The summed E-state index contributed by atoms with van der Waals surface area (Å²) in [5.74, 6) is -1.59. The molecule has 0 aliphatic heterocycles. The Morgan fingerprint density at radius 3 is 2.67 bits per heavy atom. The van der Waals surface area contributed by atoms with Crippen LogP contribution in [0, 0.1) is 12.7 Å². The second kappa shape index (κ2) is 7.97. The fraction of sp³-hybridized carbons (Fsp3) is 0.429. The average Bonchev–Trinajstić information content (AvgIpc) is 2.40. The highest BCUT2D eigenvalue weighted by Gasteiger charge is 2.19. The van der Waals surface area contributed by atoms with Crippen molar-refractivity contribution in [3.05, 3.63) is 28.0 Å². The number of benzene rings is 1. The minimum absolute atomic E-state index is 0.299. The standard InChI is InChI=1S/C14H18BrFN2O3/c1-3-4-5-11(13(19)20)17-14(21)18-12-7-10(16)9(15)6-8(12)2/h6-7,11H,3-5H2,1-2H3,(H,19,20)(H2,17,18,21)/t11-/m0/s1. The lowest BCUT2D eigenvalue weighted by molar-refractivity contribution is -0.139. The van der Waals surface area contributed by atoms with Crippen LogP contribution in [0.2, 0.25) is 0 Å². The van der Waals surface area contributed by atoms with Crippen molar-refractivity contribution < 1.29 is 19.1 Å². The van der Waals surface area contributed by atoms with Gasteiger partial charge in [0.2, 0.25) is 0 Å². The zero-order valence-corrected chi connectivity index (χ0v) is 13.5. The highest BCUT2D eigenvalue weighted by Crippen LogP contribution is 2.23. The number of nitrogens with one attached hydrogen (secondary N) is 2. The third-order valence-electron chi connectivity index (χ3n) is 2.97. The molecular formula is C14H18BrFN2O3. The second-order valence-corrected chi connectivity index (χ2v) is 5.57. The van der Waals surface area contributed by atoms with Gasteiger partial charge in [0.1, 0.15) is 11.9 Å². The maximum atomic E-state index is 13.5. The van der Waals surface area contributed by atoms with Crippen molar-refractivity contribution >= 4 is 33.6 Å². The number of carbonyl (C=O) groups is 2. The van der Waals surface area contributed by atoms with Gasteiger partial charge < -0.3 is 15.7 Å². The number of aliphatic carboxylic acids is 1. The number of anilines is 1. The van der Waals surface area contributed by atoms with Gasteiger partial charge in [-0.25, -0.2) is 14.0 Å². The Morgan fingerprint density at radius 2 is 2.10 bits per heavy atom. The Hall–Kier alpha value is -1.63. The van der Waals surface area contributed by atoms with E-state index in [9.17, 15) is 14.0 Å². The predicted molar refractivity (Wildman–Crippen MR) is 81.9 cm³/mol. The number of carboxylic acid groups (broad SMARTS) is 1. The van der Waals surface area contributed by atoms with Gasteiger partial charge in [-0.05, 0) is 47.0 Å². The van der Waals surface area contributed by atoms with Gasteiger partial charge in [-0.2, -0.15) is 0 Å². The number of hydrogen-bond acceptors (Lipinski definition) is 2. The van der Waals surface area contributed by atoms with E-state index in [1.807, 2.05) is 6.92 Å².